The summed E-state index contributed by atoms with van der Waals surface area (Å²) in [4.78, 5) is 0. The molecule has 0 fully saturated rings. The standard InChI is InChI=1S/C13H13O/c14-9-3-4-11-7-8-12-5-1-2-6-13(12)10-11/h1-2,5-8,10H,3-4,9H2. The summed E-state index contributed by atoms with van der Waals surface area (Å²) in [5.41, 5.74) is 1.26. The van der Waals surface area contributed by atoms with Crippen LogP contribution in [-0.4, -0.2) is 6.61 Å². The van der Waals surface area contributed by atoms with Gasteiger partial charge in [-0.1, -0.05) is 42.5 Å². The van der Waals surface area contributed by atoms with Crippen molar-refractivity contribution in [2.45, 2.75) is 12.8 Å². The normalized spacial score (nSPS) is 10.6. The first kappa shape index (κ1) is 9.22. The molecule has 2 aromatic rings. The Morgan fingerprint density at radius 3 is 2.50 bits per heavy atom. The Hall–Kier alpha value is -1.34. The number of aryl methyl sites for hydroxylation is 1. The van der Waals surface area contributed by atoms with Gasteiger partial charge in [0.1, 0.15) is 0 Å². The maximum Gasteiger partial charge on any atom is 0.0825 e. The third kappa shape index (κ3) is 1.94. The number of rotatable bonds is 3. The van der Waals surface area contributed by atoms with Crippen LogP contribution < -0.4 is 0 Å². The van der Waals surface area contributed by atoms with E-state index in [1.165, 1.54) is 16.3 Å². The van der Waals surface area contributed by atoms with Crippen LogP contribution in [-0.2, 0) is 11.5 Å². The van der Waals surface area contributed by atoms with Gasteiger partial charge in [0.2, 0.25) is 0 Å². The van der Waals surface area contributed by atoms with Gasteiger partial charge in [-0.3, -0.25) is 0 Å². The lowest BCUT2D eigenvalue weighted by Gasteiger charge is -2.01. The summed E-state index contributed by atoms with van der Waals surface area (Å²) in [5.74, 6) is 0. The Bertz CT molecular complexity index is 420. The molecule has 0 aromatic heterocycles. The first-order valence-electron chi connectivity index (χ1n) is 4.96. The van der Waals surface area contributed by atoms with Gasteiger partial charge in [-0.05, 0) is 29.2 Å². The largest absolute Gasteiger partial charge is 0.237 e. The minimum atomic E-state index is 0.0207. The highest BCUT2D eigenvalue weighted by Gasteiger charge is 1.95. The van der Waals surface area contributed by atoms with Crippen LogP contribution in [0.4, 0.5) is 0 Å². The first-order chi connectivity index (χ1) is 6.90. The fraction of sp³-hybridized carbons (Fsp3) is 0.231. The monoisotopic (exact) mass is 185 g/mol. The molecule has 1 nitrogen and oxygen atoms in total. The van der Waals surface area contributed by atoms with Gasteiger partial charge in [-0.15, -0.1) is 0 Å². The molecular weight excluding hydrogens is 172 g/mol. The van der Waals surface area contributed by atoms with Gasteiger partial charge in [-0.2, -0.15) is 0 Å². The van der Waals surface area contributed by atoms with Crippen molar-refractivity contribution >= 4 is 10.8 Å². The van der Waals surface area contributed by atoms with Crippen molar-refractivity contribution in [2.75, 3.05) is 6.61 Å². The van der Waals surface area contributed by atoms with Crippen molar-refractivity contribution in [1.82, 2.24) is 0 Å². The average molecular weight is 185 g/mol. The van der Waals surface area contributed by atoms with Crippen molar-refractivity contribution < 1.29 is 5.11 Å². The zero-order chi connectivity index (χ0) is 9.80. The maximum absolute atomic E-state index is 10.4. The van der Waals surface area contributed by atoms with Crippen molar-refractivity contribution in [1.29, 1.82) is 0 Å². The summed E-state index contributed by atoms with van der Waals surface area (Å²) in [6.07, 6.45) is 1.63. The Morgan fingerprint density at radius 1 is 0.929 bits per heavy atom. The zero-order valence-corrected chi connectivity index (χ0v) is 8.07. The van der Waals surface area contributed by atoms with E-state index in [1.54, 1.807) is 0 Å². The third-order valence-corrected chi connectivity index (χ3v) is 2.42. The van der Waals surface area contributed by atoms with Gasteiger partial charge in [0.15, 0.2) is 0 Å². The molecule has 0 amide bonds. The molecular formula is C13H13O. The lowest BCUT2D eigenvalue weighted by Crippen LogP contribution is -1.88. The van der Waals surface area contributed by atoms with Gasteiger partial charge in [0.05, 0.1) is 6.61 Å². The van der Waals surface area contributed by atoms with Crippen molar-refractivity contribution in [2.24, 2.45) is 0 Å². The molecule has 0 heterocycles. The fourth-order valence-electron chi connectivity index (χ4n) is 1.67. The Kier molecular flexibility index (Phi) is 2.80. The zero-order valence-electron chi connectivity index (χ0n) is 8.07. The van der Waals surface area contributed by atoms with E-state index in [4.69, 9.17) is 0 Å². The molecule has 0 saturated carbocycles. The molecule has 0 N–H and O–H groups in total. The van der Waals surface area contributed by atoms with E-state index in [1.807, 2.05) is 12.1 Å². The second kappa shape index (κ2) is 4.25. The molecule has 71 valence electrons. The van der Waals surface area contributed by atoms with Crippen LogP contribution in [0.15, 0.2) is 42.5 Å². The third-order valence-electron chi connectivity index (χ3n) is 2.42. The summed E-state index contributed by atoms with van der Waals surface area (Å²) < 4.78 is 0. The average Bonchev–Trinajstić information content (AvgIpc) is 2.26. The topological polar surface area (TPSA) is 19.9 Å². The molecule has 0 unspecified atom stereocenters. The molecule has 2 rings (SSSR count). The van der Waals surface area contributed by atoms with Crippen LogP contribution in [0.3, 0.4) is 0 Å². The van der Waals surface area contributed by atoms with E-state index < -0.39 is 0 Å². The van der Waals surface area contributed by atoms with E-state index in [2.05, 4.69) is 30.3 Å². The molecule has 0 saturated heterocycles. The second-order valence-corrected chi connectivity index (χ2v) is 3.49. The van der Waals surface area contributed by atoms with E-state index in [0.717, 1.165) is 12.8 Å². The molecule has 1 heteroatoms. The number of benzene rings is 2. The lowest BCUT2D eigenvalue weighted by molar-refractivity contribution is 0.189. The van der Waals surface area contributed by atoms with E-state index in [9.17, 15) is 5.11 Å². The quantitative estimate of drug-likeness (QED) is 0.699. The minimum Gasteiger partial charge on any atom is -0.237 e. The SMILES string of the molecule is [O]CCCc1ccc2ccccc2c1. The molecule has 0 spiro atoms. The van der Waals surface area contributed by atoms with Gasteiger partial charge in [-0.25, -0.2) is 5.11 Å². The molecule has 2 aromatic carbocycles. The van der Waals surface area contributed by atoms with Crippen LogP contribution in [0.25, 0.3) is 10.8 Å². The highest BCUT2D eigenvalue weighted by atomic mass is 16.2. The fourth-order valence-corrected chi connectivity index (χ4v) is 1.67. The molecule has 0 atom stereocenters. The molecule has 0 aliphatic carbocycles. The van der Waals surface area contributed by atoms with Crippen LogP contribution in [0.2, 0.25) is 0 Å². The summed E-state index contributed by atoms with van der Waals surface area (Å²) in [7, 11) is 0. The predicted octanol–water partition coefficient (Wildman–Crippen LogP) is 3.20. The first-order valence-corrected chi connectivity index (χ1v) is 4.96. The van der Waals surface area contributed by atoms with Crippen molar-refractivity contribution in [3.63, 3.8) is 0 Å². The number of hydrogen-bond donors (Lipinski definition) is 0. The summed E-state index contributed by atoms with van der Waals surface area (Å²) in [6.45, 7) is 0.0207. The summed E-state index contributed by atoms with van der Waals surface area (Å²) in [6, 6.07) is 14.7. The van der Waals surface area contributed by atoms with Gasteiger partial charge in [0.25, 0.3) is 0 Å². The summed E-state index contributed by atoms with van der Waals surface area (Å²) in [5, 5.41) is 12.9. The molecule has 0 bridgehead atoms. The maximum atomic E-state index is 10.4. The Labute approximate surface area is 84.0 Å². The molecule has 1 radical (unpaired) electrons. The van der Waals surface area contributed by atoms with Crippen LogP contribution in [0.5, 0.6) is 0 Å². The van der Waals surface area contributed by atoms with E-state index >= 15 is 0 Å². The van der Waals surface area contributed by atoms with Gasteiger partial charge >= 0.3 is 0 Å². The summed E-state index contributed by atoms with van der Waals surface area (Å²) >= 11 is 0. The van der Waals surface area contributed by atoms with Gasteiger partial charge in [0, 0.05) is 0 Å². The Balaban J connectivity index is 2.32. The number of fused-ring (bicyclic) bond motifs is 1. The predicted molar refractivity (Wildman–Crippen MR) is 57.8 cm³/mol. The highest BCUT2D eigenvalue weighted by Crippen LogP contribution is 2.16. The second-order valence-electron chi connectivity index (χ2n) is 3.49. The Morgan fingerprint density at radius 2 is 1.71 bits per heavy atom. The van der Waals surface area contributed by atoms with Crippen LogP contribution >= 0.6 is 0 Å². The van der Waals surface area contributed by atoms with Gasteiger partial charge < -0.3 is 0 Å². The molecule has 0 aliphatic rings. The van der Waals surface area contributed by atoms with E-state index in [0.29, 0.717) is 0 Å². The van der Waals surface area contributed by atoms with Crippen LogP contribution in [0, 0.1) is 0 Å². The molecule has 0 aliphatic heterocycles. The lowest BCUT2D eigenvalue weighted by atomic mass is 10.0. The smallest absolute Gasteiger partial charge is 0.0825 e. The van der Waals surface area contributed by atoms with E-state index in [-0.39, 0.29) is 6.61 Å². The van der Waals surface area contributed by atoms with Crippen LogP contribution in [0.1, 0.15) is 12.0 Å². The molecule has 14 heavy (non-hydrogen) atoms. The van der Waals surface area contributed by atoms with Crippen molar-refractivity contribution in [3.8, 4) is 0 Å². The van der Waals surface area contributed by atoms with Crippen molar-refractivity contribution in [3.05, 3.63) is 48.0 Å². The highest BCUT2D eigenvalue weighted by molar-refractivity contribution is 5.82. The minimum absolute atomic E-state index is 0.0207. The number of hydrogen-bond acceptors (Lipinski definition) is 0.